The van der Waals surface area contributed by atoms with E-state index in [1.54, 1.807) is 31.4 Å². The molecular formula is C19H22N2O3S. The van der Waals surface area contributed by atoms with Crippen molar-refractivity contribution in [1.29, 1.82) is 0 Å². The SMILES string of the molecule is CCCOc1ccc(C(=O)NC(=S)NCc2ccc(OC)cc2)cc1. The highest BCUT2D eigenvalue weighted by molar-refractivity contribution is 7.80. The number of nitrogens with one attached hydrogen (secondary N) is 2. The Kier molecular flexibility index (Phi) is 7.22. The molecule has 0 aliphatic heterocycles. The summed E-state index contributed by atoms with van der Waals surface area (Å²) in [5, 5.41) is 5.96. The summed E-state index contributed by atoms with van der Waals surface area (Å²) in [6, 6.07) is 14.6. The molecule has 0 aliphatic rings. The molecule has 0 fully saturated rings. The Balaban J connectivity index is 1.81. The van der Waals surface area contributed by atoms with Gasteiger partial charge in [-0.2, -0.15) is 0 Å². The number of hydrogen-bond acceptors (Lipinski definition) is 4. The van der Waals surface area contributed by atoms with Gasteiger partial charge in [-0.3, -0.25) is 10.1 Å². The minimum absolute atomic E-state index is 0.255. The van der Waals surface area contributed by atoms with Crippen molar-refractivity contribution in [3.63, 3.8) is 0 Å². The quantitative estimate of drug-likeness (QED) is 0.744. The summed E-state index contributed by atoms with van der Waals surface area (Å²) in [6.45, 7) is 3.22. The van der Waals surface area contributed by atoms with Gasteiger partial charge in [0.1, 0.15) is 11.5 Å². The molecule has 0 aliphatic carbocycles. The van der Waals surface area contributed by atoms with Gasteiger partial charge in [-0.25, -0.2) is 0 Å². The molecule has 132 valence electrons. The van der Waals surface area contributed by atoms with E-state index in [1.807, 2.05) is 31.2 Å². The summed E-state index contributed by atoms with van der Waals surface area (Å²) >= 11 is 5.17. The lowest BCUT2D eigenvalue weighted by atomic mass is 10.2. The first-order chi connectivity index (χ1) is 12.1. The maximum atomic E-state index is 12.2. The highest BCUT2D eigenvalue weighted by Crippen LogP contribution is 2.13. The topological polar surface area (TPSA) is 59.6 Å². The van der Waals surface area contributed by atoms with Crippen molar-refractivity contribution in [2.24, 2.45) is 0 Å². The number of benzene rings is 2. The molecule has 5 nitrogen and oxygen atoms in total. The molecule has 0 bridgehead atoms. The van der Waals surface area contributed by atoms with Gasteiger partial charge >= 0.3 is 0 Å². The minimum Gasteiger partial charge on any atom is -0.497 e. The standard InChI is InChI=1S/C19H22N2O3S/c1-3-12-24-17-10-6-15(7-11-17)18(22)21-19(25)20-13-14-4-8-16(23-2)9-5-14/h4-11H,3,12-13H2,1-2H3,(H2,20,21,22,25). The Morgan fingerprint density at radius 2 is 1.68 bits per heavy atom. The molecule has 2 N–H and O–H groups in total. The first kappa shape index (κ1) is 18.7. The predicted octanol–water partition coefficient (Wildman–Crippen LogP) is 3.29. The molecule has 0 heterocycles. The lowest BCUT2D eigenvalue weighted by molar-refractivity contribution is 0.0976. The zero-order valence-electron chi connectivity index (χ0n) is 14.4. The highest BCUT2D eigenvalue weighted by atomic mass is 32.1. The fourth-order valence-electron chi connectivity index (χ4n) is 2.07. The van der Waals surface area contributed by atoms with Gasteiger partial charge in [-0.15, -0.1) is 0 Å². The van der Waals surface area contributed by atoms with E-state index in [2.05, 4.69) is 10.6 Å². The van der Waals surface area contributed by atoms with E-state index in [0.717, 1.165) is 23.5 Å². The maximum absolute atomic E-state index is 12.2. The van der Waals surface area contributed by atoms with Crippen molar-refractivity contribution in [1.82, 2.24) is 10.6 Å². The van der Waals surface area contributed by atoms with Crippen LogP contribution >= 0.6 is 12.2 Å². The van der Waals surface area contributed by atoms with Crippen molar-refractivity contribution >= 4 is 23.2 Å². The van der Waals surface area contributed by atoms with E-state index < -0.39 is 0 Å². The lowest BCUT2D eigenvalue weighted by Gasteiger charge is -2.10. The fourth-order valence-corrected chi connectivity index (χ4v) is 2.23. The molecule has 2 rings (SSSR count). The van der Waals surface area contributed by atoms with Crippen molar-refractivity contribution in [2.75, 3.05) is 13.7 Å². The summed E-state index contributed by atoms with van der Waals surface area (Å²) in [4.78, 5) is 12.2. The van der Waals surface area contributed by atoms with E-state index in [0.29, 0.717) is 18.7 Å². The van der Waals surface area contributed by atoms with Crippen LogP contribution < -0.4 is 20.1 Å². The Hall–Kier alpha value is -2.60. The molecule has 0 aromatic heterocycles. The molecule has 25 heavy (non-hydrogen) atoms. The summed E-state index contributed by atoms with van der Waals surface area (Å²) in [5.41, 5.74) is 1.56. The third-order valence-electron chi connectivity index (χ3n) is 3.43. The van der Waals surface area contributed by atoms with Gasteiger partial charge in [0.05, 0.1) is 13.7 Å². The number of carbonyl (C=O) groups is 1. The molecule has 0 spiro atoms. The number of amides is 1. The molecule has 0 unspecified atom stereocenters. The maximum Gasteiger partial charge on any atom is 0.257 e. The van der Waals surface area contributed by atoms with Crippen LogP contribution in [0.4, 0.5) is 0 Å². The second-order valence-corrected chi connectivity index (χ2v) is 5.77. The van der Waals surface area contributed by atoms with Crippen LogP contribution in [0.5, 0.6) is 11.5 Å². The predicted molar refractivity (Wildman–Crippen MR) is 102 cm³/mol. The van der Waals surface area contributed by atoms with E-state index >= 15 is 0 Å². The third kappa shape index (κ3) is 6.08. The van der Waals surface area contributed by atoms with Crippen molar-refractivity contribution in [2.45, 2.75) is 19.9 Å². The number of methoxy groups -OCH3 is 1. The smallest absolute Gasteiger partial charge is 0.257 e. The van der Waals surface area contributed by atoms with Crippen LogP contribution in [0, 0.1) is 0 Å². The highest BCUT2D eigenvalue weighted by Gasteiger charge is 2.08. The second kappa shape index (κ2) is 9.64. The Labute approximate surface area is 153 Å². The second-order valence-electron chi connectivity index (χ2n) is 5.36. The molecular weight excluding hydrogens is 336 g/mol. The van der Waals surface area contributed by atoms with Crippen molar-refractivity contribution in [3.05, 3.63) is 59.7 Å². The number of thiocarbonyl (C=S) groups is 1. The molecule has 0 saturated carbocycles. The number of carbonyl (C=O) groups excluding carboxylic acids is 1. The molecule has 2 aromatic carbocycles. The van der Waals surface area contributed by atoms with Crippen LogP contribution in [0.25, 0.3) is 0 Å². The van der Waals surface area contributed by atoms with Gasteiger partial charge < -0.3 is 14.8 Å². The Morgan fingerprint density at radius 3 is 2.28 bits per heavy atom. The number of rotatable bonds is 7. The summed E-state index contributed by atoms with van der Waals surface area (Å²) in [6.07, 6.45) is 0.941. The van der Waals surface area contributed by atoms with E-state index in [-0.39, 0.29) is 11.0 Å². The van der Waals surface area contributed by atoms with Gasteiger partial charge in [0.25, 0.3) is 5.91 Å². The van der Waals surface area contributed by atoms with Gasteiger partial charge in [0.2, 0.25) is 0 Å². The largest absolute Gasteiger partial charge is 0.497 e. The molecule has 0 atom stereocenters. The van der Waals surface area contributed by atoms with E-state index in [9.17, 15) is 4.79 Å². The summed E-state index contributed by atoms with van der Waals surface area (Å²) < 4.78 is 10.6. The van der Waals surface area contributed by atoms with Gasteiger partial charge in [0.15, 0.2) is 5.11 Å². The van der Waals surface area contributed by atoms with Gasteiger partial charge in [-0.1, -0.05) is 19.1 Å². The molecule has 0 radical (unpaired) electrons. The van der Waals surface area contributed by atoms with Crippen molar-refractivity contribution < 1.29 is 14.3 Å². The van der Waals surface area contributed by atoms with Gasteiger partial charge in [0, 0.05) is 12.1 Å². The monoisotopic (exact) mass is 358 g/mol. The normalized spacial score (nSPS) is 10.0. The average molecular weight is 358 g/mol. The van der Waals surface area contributed by atoms with Crippen LogP contribution in [0.2, 0.25) is 0 Å². The first-order valence-corrected chi connectivity index (χ1v) is 8.48. The van der Waals surface area contributed by atoms with Crippen LogP contribution in [-0.2, 0) is 6.54 Å². The minimum atomic E-state index is -0.255. The number of hydrogen-bond donors (Lipinski definition) is 2. The van der Waals surface area contributed by atoms with Crippen LogP contribution in [0.3, 0.4) is 0 Å². The van der Waals surface area contributed by atoms with Crippen LogP contribution in [0.15, 0.2) is 48.5 Å². The number of ether oxygens (including phenoxy) is 2. The molecule has 2 aromatic rings. The van der Waals surface area contributed by atoms with Crippen LogP contribution in [0.1, 0.15) is 29.3 Å². The van der Waals surface area contributed by atoms with E-state index in [1.165, 1.54) is 0 Å². The summed E-state index contributed by atoms with van der Waals surface area (Å²) in [5.74, 6) is 1.29. The summed E-state index contributed by atoms with van der Waals surface area (Å²) in [7, 11) is 1.63. The fraction of sp³-hybridized carbons (Fsp3) is 0.263. The first-order valence-electron chi connectivity index (χ1n) is 8.07. The van der Waals surface area contributed by atoms with Gasteiger partial charge in [-0.05, 0) is 60.6 Å². The Morgan fingerprint density at radius 1 is 1.04 bits per heavy atom. The van der Waals surface area contributed by atoms with Crippen molar-refractivity contribution in [3.8, 4) is 11.5 Å². The average Bonchev–Trinajstić information content (AvgIpc) is 2.65. The zero-order valence-corrected chi connectivity index (χ0v) is 15.2. The molecule has 1 amide bonds. The zero-order chi connectivity index (χ0) is 18.1. The molecule has 0 saturated heterocycles. The molecule has 6 heteroatoms. The van der Waals surface area contributed by atoms with E-state index in [4.69, 9.17) is 21.7 Å². The van der Waals surface area contributed by atoms with Crippen LogP contribution in [-0.4, -0.2) is 24.7 Å². The third-order valence-corrected chi connectivity index (χ3v) is 3.67. The Bertz CT molecular complexity index is 700. The lowest BCUT2D eigenvalue weighted by Crippen LogP contribution is -2.38.